The lowest BCUT2D eigenvalue weighted by atomic mass is 10.1. The van der Waals surface area contributed by atoms with E-state index in [4.69, 9.17) is 39.5 Å². The summed E-state index contributed by atoms with van der Waals surface area (Å²) in [4.78, 5) is 14.4. The van der Waals surface area contributed by atoms with Crippen LogP contribution in [0.2, 0.25) is 15.1 Å². The highest BCUT2D eigenvalue weighted by molar-refractivity contribution is 6.42. The van der Waals surface area contributed by atoms with Crippen LogP contribution in [0.5, 0.6) is 5.75 Å². The van der Waals surface area contributed by atoms with Gasteiger partial charge in [0, 0.05) is 11.6 Å². The molecule has 0 aliphatic heterocycles. The third kappa shape index (κ3) is 5.02. The summed E-state index contributed by atoms with van der Waals surface area (Å²) < 4.78 is 5.25. The Kier molecular flexibility index (Phi) is 6.96. The van der Waals surface area contributed by atoms with Crippen LogP contribution in [0.1, 0.15) is 12.5 Å². The topological polar surface area (TPSA) is 41.6 Å². The van der Waals surface area contributed by atoms with Crippen LogP contribution in [-0.2, 0) is 11.3 Å². The van der Waals surface area contributed by atoms with Gasteiger partial charge in [-0.3, -0.25) is 9.69 Å². The number of carbonyl (C=O) groups is 1. The molecular weight excluding hydrogens is 383 g/mol. The molecule has 7 heteroatoms. The molecule has 0 aliphatic carbocycles. The van der Waals surface area contributed by atoms with E-state index < -0.39 is 6.04 Å². The Hall–Kier alpha value is -1.46. The van der Waals surface area contributed by atoms with Gasteiger partial charge in [0.25, 0.3) is 0 Å². The van der Waals surface area contributed by atoms with Crippen LogP contribution < -0.4 is 10.1 Å². The average molecular weight is 402 g/mol. The van der Waals surface area contributed by atoms with Gasteiger partial charge in [-0.05, 0) is 43.8 Å². The molecular formula is C18H19Cl3N2O2. The summed E-state index contributed by atoms with van der Waals surface area (Å²) in [6, 6.07) is 10.1. The third-order valence-electron chi connectivity index (χ3n) is 3.91. The summed E-state index contributed by atoms with van der Waals surface area (Å²) in [5, 5.41) is 4.36. The maximum absolute atomic E-state index is 12.6. The molecule has 0 aromatic heterocycles. The van der Waals surface area contributed by atoms with E-state index in [-0.39, 0.29) is 5.91 Å². The maximum Gasteiger partial charge on any atom is 0.241 e. The number of nitrogens with zero attached hydrogens (tertiary/aromatic N) is 1. The van der Waals surface area contributed by atoms with E-state index in [1.54, 1.807) is 24.3 Å². The van der Waals surface area contributed by atoms with Gasteiger partial charge in [-0.25, -0.2) is 0 Å². The molecule has 0 unspecified atom stereocenters. The van der Waals surface area contributed by atoms with E-state index in [9.17, 15) is 4.79 Å². The van der Waals surface area contributed by atoms with E-state index in [1.807, 2.05) is 31.0 Å². The van der Waals surface area contributed by atoms with Crippen LogP contribution in [-0.4, -0.2) is 31.0 Å². The minimum Gasteiger partial charge on any atom is -0.495 e. The molecule has 0 bridgehead atoms. The Bertz CT molecular complexity index is 768. The number of hydrogen-bond acceptors (Lipinski definition) is 3. The fraction of sp³-hybridized carbons (Fsp3) is 0.278. The van der Waals surface area contributed by atoms with E-state index in [0.717, 1.165) is 5.56 Å². The highest BCUT2D eigenvalue weighted by Gasteiger charge is 2.20. The highest BCUT2D eigenvalue weighted by atomic mass is 35.5. The molecule has 1 amide bonds. The van der Waals surface area contributed by atoms with Gasteiger partial charge < -0.3 is 10.1 Å². The summed E-state index contributed by atoms with van der Waals surface area (Å²) in [7, 11) is 3.38. The van der Waals surface area contributed by atoms with E-state index in [0.29, 0.717) is 33.0 Å². The number of ether oxygens (including phenoxy) is 1. The number of halogens is 3. The Morgan fingerprint density at radius 3 is 2.64 bits per heavy atom. The van der Waals surface area contributed by atoms with Crippen LogP contribution in [0.25, 0.3) is 0 Å². The van der Waals surface area contributed by atoms with Gasteiger partial charge in [0.15, 0.2) is 0 Å². The molecule has 0 radical (unpaired) electrons. The highest BCUT2D eigenvalue weighted by Crippen LogP contribution is 2.29. The smallest absolute Gasteiger partial charge is 0.241 e. The van der Waals surface area contributed by atoms with Gasteiger partial charge in [-0.1, -0.05) is 46.9 Å². The Morgan fingerprint density at radius 1 is 1.24 bits per heavy atom. The number of methoxy groups -OCH3 is 1. The molecule has 0 saturated heterocycles. The van der Waals surface area contributed by atoms with E-state index >= 15 is 0 Å². The summed E-state index contributed by atoms with van der Waals surface area (Å²) in [5.74, 6) is 0.367. The predicted octanol–water partition coefficient (Wildman–Crippen LogP) is 5.11. The number of nitrogens with one attached hydrogen (secondary N) is 1. The summed E-state index contributed by atoms with van der Waals surface area (Å²) >= 11 is 18.3. The Labute approximate surface area is 162 Å². The molecule has 0 saturated carbocycles. The molecule has 0 spiro atoms. The zero-order chi connectivity index (χ0) is 18.6. The fourth-order valence-corrected chi connectivity index (χ4v) is 2.84. The Balaban J connectivity index is 2.09. The largest absolute Gasteiger partial charge is 0.495 e. The van der Waals surface area contributed by atoms with E-state index in [2.05, 4.69) is 5.32 Å². The molecule has 2 rings (SSSR count). The van der Waals surface area contributed by atoms with Crippen molar-refractivity contribution in [3.63, 3.8) is 0 Å². The summed E-state index contributed by atoms with van der Waals surface area (Å²) in [6.07, 6.45) is 0. The number of benzene rings is 2. The predicted molar refractivity (Wildman–Crippen MR) is 104 cm³/mol. The van der Waals surface area contributed by atoms with Crippen molar-refractivity contribution in [2.24, 2.45) is 0 Å². The second-order valence-electron chi connectivity index (χ2n) is 5.64. The van der Waals surface area contributed by atoms with Crippen LogP contribution in [0.4, 0.5) is 5.69 Å². The normalized spacial score (nSPS) is 12.1. The summed E-state index contributed by atoms with van der Waals surface area (Å²) in [6.45, 7) is 2.30. The molecule has 1 N–H and O–H groups in total. The number of likely N-dealkylation sites (N-methyl/N-ethyl adjacent to an activating group) is 1. The lowest BCUT2D eigenvalue weighted by Gasteiger charge is -2.25. The van der Waals surface area contributed by atoms with Crippen molar-refractivity contribution in [3.05, 3.63) is 57.0 Å². The number of hydrogen-bond donors (Lipinski definition) is 1. The van der Waals surface area contributed by atoms with Crippen molar-refractivity contribution >= 4 is 46.4 Å². The average Bonchev–Trinajstić information content (AvgIpc) is 2.58. The van der Waals surface area contributed by atoms with Crippen LogP contribution >= 0.6 is 34.8 Å². The number of carbonyl (C=O) groups excluding carboxylic acids is 1. The van der Waals surface area contributed by atoms with Crippen LogP contribution in [0, 0.1) is 0 Å². The number of anilines is 1. The van der Waals surface area contributed by atoms with Gasteiger partial charge in [-0.2, -0.15) is 0 Å². The van der Waals surface area contributed by atoms with Crippen molar-refractivity contribution in [2.75, 3.05) is 19.5 Å². The molecule has 0 heterocycles. The molecule has 1 atom stereocenters. The van der Waals surface area contributed by atoms with Crippen LogP contribution in [0.3, 0.4) is 0 Å². The minimum absolute atomic E-state index is 0.179. The number of amides is 1. The van der Waals surface area contributed by atoms with Gasteiger partial charge in [0.05, 0.1) is 28.9 Å². The first-order valence-electron chi connectivity index (χ1n) is 7.61. The van der Waals surface area contributed by atoms with Crippen LogP contribution in [0.15, 0.2) is 36.4 Å². The quantitative estimate of drug-likeness (QED) is 0.731. The Morgan fingerprint density at radius 2 is 1.96 bits per heavy atom. The van der Waals surface area contributed by atoms with Crippen molar-refractivity contribution in [2.45, 2.75) is 19.5 Å². The fourth-order valence-electron chi connectivity index (χ4n) is 2.29. The second kappa shape index (κ2) is 8.77. The van der Waals surface area contributed by atoms with Gasteiger partial charge >= 0.3 is 0 Å². The summed E-state index contributed by atoms with van der Waals surface area (Å²) in [5.41, 5.74) is 1.39. The zero-order valence-corrected chi connectivity index (χ0v) is 16.4. The van der Waals surface area contributed by atoms with E-state index in [1.165, 1.54) is 7.11 Å². The first-order chi connectivity index (χ1) is 11.8. The zero-order valence-electron chi connectivity index (χ0n) is 14.1. The van der Waals surface area contributed by atoms with Crippen molar-refractivity contribution in [1.29, 1.82) is 0 Å². The SMILES string of the molecule is COc1ccc(Cl)cc1NC(=O)[C@@H](C)N(C)Cc1cccc(Cl)c1Cl. The van der Waals surface area contributed by atoms with Crippen molar-refractivity contribution in [3.8, 4) is 5.75 Å². The molecule has 2 aromatic carbocycles. The van der Waals surface area contributed by atoms with Crippen molar-refractivity contribution in [1.82, 2.24) is 4.90 Å². The molecule has 134 valence electrons. The monoisotopic (exact) mass is 400 g/mol. The standard InChI is InChI=1S/C18H19Cl3N2O2/c1-11(23(2)10-12-5-4-6-14(20)17(12)21)18(24)22-15-9-13(19)7-8-16(15)25-3/h4-9,11H,10H2,1-3H3,(H,22,24)/t11-/m1/s1. The molecule has 4 nitrogen and oxygen atoms in total. The first kappa shape index (κ1) is 19.9. The minimum atomic E-state index is -0.404. The lowest BCUT2D eigenvalue weighted by molar-refractivity contribution is -0.120. The first-order valence-corrected chi connectivity index (χ1v) is 8.74. The molecule has 25 heavy (non-hydrogen) atoms. The maximum atomic E-state index is 12.6. The van der Waals surface area contributed by atoms with Crippen molar-refractivity contribution < 1.29 is 9.53 Å². The molecule has 0 fully saturated rings. The lowest BCUT2D eigenvalue weighted by Crippen LogP contribution is -2.39. The van der Waals surface area contributed by atoms with Gasteiger partial charge in [-0.15, -0.1) is 0 Å². The number of rotatable bonds is 6. The molecule has 0 aliphatic rings. The second-order valence-corrected chi connectivity index (χ2v) is 6.86. The van der Waals surface area contributed by atoms with Gasteiger partial charge in [0.2, 0.25) is 5.91 Å². The van der Waals surface area contributed by atoms with Gasteiger partial charge in [0.1, 0.15) is 5.75 Å². The molecule has 2 aromatic rings. The third-order valence-corrected chi connectivity index (χ3v) is 5.00.